The van der Waals surface area contributed by atoms with Crippen LogP contribution >= 0.6 is 12.2 Å². The van der Waals surface area contributed by atoms with Crippen molar-refractivity contribution in [3.8, 4) is 0 Å². The maximum Gasteiger partial charge on any atom is 0.209 e. The fourth-order valence-electron chi connectivity index (χ4n) is 2.08. The highest BCUT2D eigenvalue weighted by Gasteiger charge is 2.27. The molecule has 1 atom stereocenters. The fraction of sp³-hybridized carbons (Fsp3) is 0.889. The summed E-state index contributed by atoms with van der Waals surface area (Å²) in [6, 6.07) is -0.365. The van der Waals surface area contributed by atoms with Gasteiger partial charge in [0, 0.05) is 0 Å². The van der Waals surface area contributed by atoms with Gasteiger partial charge in [0.2, 0.25) is 10.0 Å². The lowest BCUT2D eigenvalue weighted by Gasteiger charge is -2.29. The molecule has 3 N–H and O–H groups in total. The number of nitrogens with two attached hydrogens (primary N) is 1. The molecule has 15 heavy (non-hydrogen) atoms. The van der Waals surface area contributed by atoms with E-state index in [1.165, 1.54) is 6.42 Å². The molecule has 0 radical (unpaired) electrons. The zero-order valence-corrected chi connectivity index (χ0v) is 10.5. The van der Waals surface area contributed by atoms with E-state index in [2.05, 4.69) is 4.72 Å². The molecule has 1 fully saturated rings. The lowest BCUT2D eigenvalue weighted by molar-refractivity contribution is 0.331. The van der Waals surface area contributed by atoms with Crippen molar-refractivity contribution in [1.82, 2.24) is 4.72 Å². The Balaban J connectivity index is 2.68. The molecule has 1 aliphatic carbocycles. The quantitative estimate of drug-likeness (QED) is 0.723. The van der Waals surface area contributed by atoms with Crippen LogP contribution in [0.2, 0.25) is 0 Å². The molecule has 0 aromatic rings. The highest BCUT2D eigenvalue weighted by molar-refractivity contribution is 7.88. The number of nitrogens with one attached hydrogen (secondary N) is 1. The van der Waals surface area contributed by atoms with Gasteiger partial charge in [-0.25, -0.2) is 13.1 Å². The van der Waals surface area contributed by atoms with Gasteiger partial charge in [-0.3, -0.25) is 0 Å². The van der Waals surface area contributed by atoms with Crippen LogP contribution in [0.4, 0.5) is 0 Å². The summed E-state index contributed by atoms with van der Waals surface area (Å²) in [7, 11) is -3.24. The fourth-order valence-corrected chi connectivity index (χ4v) is 3.19. The summed E-state index contributed by atoms with van der Waals surface area (Å²) >= 11 is 4.92. The first-order valence-electron chi connectivity index (χ1n) is 5.17. The molecule has 4 nitrogen and oxygen atoms in total. The molecule has 1 saturated carbocycles. The Hall–Kier alpha value is -0.200. The Morgan fingerprint density at radius 1 is 1.40 bits per heavy atom. The zero-order valence-electron chi connectivity index (χ0n) is 8.90. The predicted molar refractivity (Wildman–Crippen MR) is 65.1 cm³/mol. The van der Waals surface area contributed by atoms with E-state index in [0.29, 0.717) is 0 Å². The molecule has 88 valence electrons. The maximum atomic E-state index is 11.2. The average molecular weight is 250 g/mol. The molecule has 1 aliphatic rings. The zero-order chi connectivity index (χ0) is 11.5. The molecule has 0 aromatic heterocycles. The molecule has 0 bridgehead atoms. The highest BCUT2D eigenvalue weighted by atomic mass is 32.2. The van der Waals surface area contributed by atoms with E-state index in [4.69, 9.17) is 18.0 Å². The monoisotopic (exact) mass is 250 g/mol. The van der Waals surface area contributed by atoms with E-state index in [1.807, 2.05) is 0 Å². The van der Waals surface area contributed by atoms with Gasteiger partial charge in [-0.15, -0.1) is 0 Å². The second-order valence-electron chi connectivity index (χ2n) is 4.17. The number of thiocarbonyl (C=S) groups is 1. The number of sulfonamides is 1. The van der Waals surface area contributed by atoms with Crippen LogP contribution in [0.3, 0.4) is 0 Å². The SMILES string of the molecule is CS(=O)(=O)NC(C(N)=S)C1CCCCC1. The van der Waals surface area contributed by atoms with Gasteiger partial charge in [0.1, 0.15) is 0 Å². The van der Waals surface area contributed by atoms with Gasteiger partial charge in [-0.1, -0.05) is 31.5 Å². The Labute approximate surface area is 96.7 Å². The van der Waals surface area contributed by atoms with Gasteiger partial charge < -0.3 is 5.73 Å². The molecule has 0 amide bonds. The van der Waals surface area contributed by atoms with Crippen LogP contribution in [0.5, 0.6) is 0 Å². The number of rotatable bonds is 4. The Bertz CT molecular complexity index is 321. The summed E-state index contributed by atoms with van der Waals surface area (Å²) in [5.41, 5.74) is 5.58. The van der Waals surface area contributed by atoms with Crippen molar-refractivity contribution in [2.75, 3.05) is 6.26 Å². The second-order valence-corrected chi connectivity index (χ2v) is 6.42. The van der Waals surface area contributed by atoms with Crippen LogP contribution in [0.15, 0.2) is 0 Å². The van der Waals surface area contributed by atoms with Crippen molar-refractivity contribution in [3.63, 3.8) is 0 Å². The summed E-state index contributed by atoms with van der Waals surface area (Å²) in [5, 5.41) is 0. The first-order chi connectivity index (χ1) is 6.90. The summed E-state index contributed by atoms with van der Waals surface area (Å²) < 4.78 is 24.9. The molecule has 6 heteroatoms. The first kappa shape index (κ1) is 12.9. The number of hydrogen-bond donors (Lipinski definition) is 2. The van der Waals surface area contributed by atoms with Crippen molar-refractivity contribution in [3.05, 3.63) is 0 Å². The van der Waals surface area contributed by atoms with Gasteiger partial charge >= 0.3 is 0 Å². The van der Waals surface area contributed by atoms with Crippen molar-refractivity contribution >= 4 is 27.2 Å². The minimum absolute atomic E-state index is 0.257. The normalized spacial score (nSPS) is 21.1. The topological polar surface area (TPSA) is 72.2 Å². The molecule has 0 heterocycles. The van der Waals surface area contributed by atoms with Crippen LogP contribution in [-0.2, 0) is 10.0 Å². The molecule has 0 saturated heterocycles. The van der Waals surface area contributed by atoms with Crippen LogP contribution in [0, 0.1) is 5.92 Å². The summed E-state index contributed by atoms with van der Waals surface area (Å²) in [6.45, 7) is 0. The lowest BCUT2D eigenvalue weighted by atomic mass is 9.84. The molecule has 1 unspecified atom stereocenters. The average Bonchev–Trinajstić information content (AvgIpc) is 2.14. The highest BCUT2D eigenvalue weighted by Crippen LogP contribution is 2.26. The van der Waals surface area contributed by atoms with Crippen LogP contribution in [0.1, 0.15) is 32.1 Å². The predicted octanol–water partition coefficient (Wildman–Crippen LogP) is 0.771. The Kier molecular flexibility index (Phi) is 4.48. The second kappa shape index (κ2) is 5.23. The minimum atomic E-state index is -3.24. The van der Waals surface area contributed by atoms with Crippen molar-refractivity contribution in [2.24, 2.45) is 11.7 Å². The van der Waals surface area contributed by atoms with Gasteiger partial charge in [-0.2, -0.15) is 0 Å². The van der Waals surface area contributed by atoms with Gasteiger partial charge in [-0.05, 0) is 18.8 Å². The third-order valence-electron chi connectivity index (χ3n) is 2.77. The van der Waals surface area contributed by atoms with E-state index >= 15 is 0 Å². The van der Waals surface area contributed by atoms with E-state index in [9.17, 15) is 8.42 Å². The molecular formula is C9H18N2O2S2. The van der Waals surface area contributed by atoms with E-state index in [0.717, 1.165) is 31.9 Å². The molecule has 0 aromatic carbocycles. The summed E-state index contributed by atoms with van der Waals surface area (Å²) in [5.74, 6) is 0.269. The molecule has 0 aliphatic heterocycles. The van der Waals surface area contributed by atoms with Crippen molar-refractivity contribution in [2.45, 2.75) is 38.1 Å². The standard InChI is InChI=1S/C9H18N2O2S2/c1-15(12,13)11-8(9(10)14)7-5-3-2-4-6-7/h7-8,11H,2-6H2,1H3,(H2,10,14). The largest absolute Gasteiger partial charge is 0.392 e. The molecule has 0 spiro atoms. The van der Waals surface area contributed by atoms with Gasteiger partial charge in [0.05, 0.1) is 17.3 Å². The third-order valence-corrected chi connectivity index (χ3v) is 3.70. The smallest absolute Gasteiger partial charge is 0.209 e. The molecule has 1 rings (SSSR count). The Morgan fingerprint density at radius 2 is 1.93 bits per heavy atom. The van der Waals surface area contributed by atoms with E-state index in [-0.39, 0.29) is 16.9 Å². The van der Waals surface area contributed by atoms with Gasteiger partial charge in [0.15, 0.2) is 0 Å². The maximum absolute atomic E-state index is 11.2. The number of hydrogen-bond acceptors (Lipinski definition) is 3. The van der Waals surface area contributed by atoms with Crippen LogP contribution < -0.4 is 10.5 Å². The summed E-state index contributed by atoms with van der Waals surface area (Å²) in [4.78, 5) is 0.257. The van der Waals surface area contributed by atoms with Crippen molar-refractivity contribution in [1.29, 1.82) is 0 Å². The van der Waals surface area contributed by atoms with Crippen LogP contribution in [0.25, 0.3) is 0 Å². The lowest BCUT2D eigenvalue weighted by Crippen LogP contribution is -2.48. The van der Waals surface area contributed by atoms with Crippen LogP contribution in [-0.4, -0.2) is 25.7 Å². The first-order valence-corrected chi connectivity index (χ1v) is 7.47. The Morgan fingerprint density at radius 3 is 2.33 bits per heavy atom. The van der Waals surface area contributed by atoms with Gasteiger partial charge in [0.25, 0.3) is 0 Å². The molecular weight excluding hydrogens is 232 g/mol. The van der Waals surface area contributed by atoms with Crippen molar-refractivity contribution < 1.29 is 8.42 Å². The van der Waals surface area contributed by atoms with E-state index < -0.39 is 10.0 Å². The minimum Gasteiger partial charge on any atom is -0.392 e. The van der Waals surface area contributed by atoms with E-state index in [1.54, 1.807) is 0 Å². The summed E-state index contributed by atoms with van der Waals surface area (Å²) in [6.07, 6.45) is 6.64. The third kappa shape index (κ3) is 4.44.